The van der Waals surface area contributed by atoms with Crippen LogP contribution in [0.1, 0.15) is 17.5 Å². The van der Waals surface area contributed by atoms with Crippen LogP contribution >= 0.6 is 39.5 Å². The molecule has 0 bridgehead atoms. The van der Waals surface area contributed by atoms with Gasteiger partial charge in [-0.15, -0.1) is 0 Å². The zero-order chi connectivity index (χ0) is 15.8. The molecule has 2 aliphatic heterocycles. The second-order valence-electron chi connectivity index (χ2n) is 5.64. The molecule has 0 aromatic heterocycles. The lowest BCUT2D eigenvalue weighted by Gasteiger charge is -2.08. The normalized spacial score (nSPS) is 18.3. The SMILES string of the molecule is Cc1cccc2c1NC(=C1Nc3c(CCCBr)cccc3S1)S2. The molecule has 0 saturated heterocycles. The monoisotopic (exact) mass is 404 g/mol. The number of fused-ring (bicyclic) bond motifs is 2. The molecule has 0 radical (unpaired) electrons. The second-order valence-corrected chi connectivity index (χ2v) is 8.54. The van der Waals surface area contributed by atoms with Gasteiger partial charge in [0.25, 0.3) is 0 Å². The van der Waals surface area contributed by atoms with E-state index < -0.39 is 0 Å². The molecular formula is C18H17BrN2S2. The van der Waals surface area contributed by atoms with Crippen molar-refractivity contribution in [3.8, 4) is 0 Å². The predicted octanol–water partition coefficient (Wildman–Crippen LogP) is 6.18. The molecule has 2 aromatic carbocycles. The third-order valence-electron chi connectivity index (χ3n) is 4.03. The van der Waals surface area contributed by atoms with Crippen molar-refractivity contribution in [3.63, 3.8) is 0 Å². The first-order chi connectivity index (χ1) is 11.3. The van der Waals surface area contributed by atoms with Crippen LogP contribution in [-0.2, 0) is 6.42 Å². The lowest BCUT2D eigenvalue weighted by molar-refractivity contribution is 0.938. The summed E-state index contributed by atoms with van der Waals surface area (Å²) in [5, 5.41) is 10.7. The third kappa shape index (κ3) is 2.90. The van der Waals surface area contributed by atoms with Gasteiger partial charge in [-0.2, -0.15) is 0 Å². The van der Waals surface area contributed by atoms with Crippen LogP contribution in [0.4, 0.5) is 11.4 Å². The van der Waals surface area contributed by atoms with E-state index in [-0.39, 0.29) is 0 Å². The van der Waals surface area contributed by atoms with Crippen LogP contribution in [0.2, 0.25) is 0 Å². The Bertz CT molecular complexity index is 802. The highest BCUT2D eigenvalue weighted by atomic mass is 79.9. The fourth-order valence-corrected chi connectivity index (χ4v) is 5.31. The molecule has 118 valence electrons. The van der Waals surface area contributed by atoms with Crippen molar-refractivity contribution < 1.29 is 0 Å². The van der Waals surface area contributed by atoms with Gasteiger partial charge < -0.3 is 10.6 Å². The van der Waals surface area contributed by atoms with E-state index in [1.165, 1.54) is 42.4 Å². The highest BCUT2D eigenvalue weighted by Crippen LogP contribution is 2.50. The van der Waals surface area contributed by atoms with Crippen LogP contribution < -0.4 is 10.6 Å². The molecule has 2 aliphatic rings. The van der Waals surface area contributed by atoms with Gasteiger partial charge in [-0.05, 0) is 43.0 Å². The van der Waals surface area contributed by atoms with E-state index >= 15 is 0 Å². The van der Waals surface area contributed by atoms with Crippen molar-refractivity contribution in [1.29, 1.82) is 0 Å². The van der Waals surface area contributed by atoms with Gasteiger partial charge in [-0.1, -0.05) is 63.7 Å². The summed E-state index contributed by atoms with van der Waals surface area (Å²) in [5.41, 5.74) is 5.24. The lowest BCUT2D eigenvalue weighted by atomic mass is 10.1. The molecule has 0 fully saturated rings. The minimum absolute atomic E-state index is 1.05. The molecule has 5 heteroatoms. The molecule has 0 amide bonds. The number of alkyl halides is 1. The van der Waals surface area contributed by atoms with Gasteiger partial charge in [0.2, 0.25) is 0 Å². The van der Waals surface area contributed by atoms with Crippen molar-refractivity contribution in [2.75, 3.05) is 16.0 Å². The number of thioether (sulfide) groups is 2. The average molecular weight is 405 g/mol. The van der Waals surface area contributed by atoms with Crippen LogP contribution in [0.5, 0.6) is 0 Å². The Morgan fingerprint density at radius 2 is 1.57 bits per heavy atom. The number of nitrogens with one attached hydrogen (secondary N) is 2. The van der Waals surface area contributed by atoms with E-state index in [0.717, 1.165) is 18.2 Å². The summed E-state index contributed by atoms with van der Waals surface area (Å²) in [6.07, 6.45) is 2.26. The predicted molar refractivity (Wildman–Crippen MR) is 106 cm³/mol. The quantitative estimate of drug-likeness (QED) is 0.595. The van der Waals surface area contributed by atoms with Crippen molar-refractivity contribution in [2.24, 2.45) is 0 Å². The zero-order valence-corrected chi connectivity index (χ0v) is 16.0. The molecule has 0 saturated carbocycles. The van der Waals surface area contributed by atoms with E-state index in [0.29, 0.717) is 0 Å². The average Bonchev–Trinajstić information content (AvgIpc) is 3.17. The molecule has 23 heavy (non-hydrogen) atoms. The van der Waals surface area contributed by atoms with Crippen LogP contribution in [-0.4, -0.2) is 5.33 Å². The molecule has 2 nitrogen and oxygen atoms in total. The molecule has 2 aromatic rings. The Morgan fingerprint density at radius 1 is 0.913 bits per heavy atom. The van der Waals surface area contributed by atoms with E-state index in [9.17, 15) is 0 Å². The smallest absolute Gasteiger partial charge is 0.109 e. The fraction of sp³-hybridized carbons (Fsp3) is 0.222. The van der Waals surface area contributed by atoms with Crippen LogP contribution in [0.3, 0.4) is 0 Å². The number of halogens is 1. The molecule has 2 N–H and O–H groups in total. The van der Waals surface area contributed by atoms with E-state index in [1.54, 1.807) is 0 Å². The maximum Gasteiger partial charge on any atom is 0.109 e. The van der Waals surface area contributed by atoms with Crippen LogP contribution in [0, 0.1) is 6.92 Å². The molecule has 4 rings (SSSR count). The first-order valence-electron chi connectivity index (χ1n) is 7.68. The summed E-state index contributed by atoms with van der Waals surface area (Å²) in [5.74, 6) is 0. The Balaban J connectivity index is 1.63. The first-order valence-corrected chi connectivity index (χ1v) is 10.4. The van der Waals surface area contributed by atoms with Gasteiger partial charge >= 0.3 is 0 Å². The number of hydrogen-bond acceptors (Lipinski definition) is 4. The van der Waals surface area contributed by atoms with E-state index in [4.69, 9.17) is 0 Å². The Hall–Kier alpha value is -1.04. The molecule has 2 heterocycles. The first kappa shape index (κ1) is 15.5. The highest BCUT2D eigenvalue weighted by Gasteiger charge is 2.26. The highest BCUT2D eigenvalue weighted by molar-refractivity contribution is 9.09. The van der Waals surface area contributed by atoms with Crippen molar-refractivity contribution in [3.05, 3.63) is 57.6 Å². The van der Waals surface area contributed by atoms with Gasteiger partial charge in [0.1, 0.15) is 10.1 Å². The van der Waals surface area contributed by atoms with Crippen molar-refractivity contribution in [1.82, 2.24) is 0 Å². The zero-order valence-electron chi connectivity index (χ0n) is 12.8. The maximum absolute atomic E-state index is 3.65. The van der Waals surface area contributed by atoms with Gasteiger partial charge in [-0.25, -0.2) is 0 Å². The van der Waals surface area contributed by atoms with Gasteiger partial charge in [0.15, 0.2) is 0 Å². The Kier molecular flexibility index (Phi) is 4.35. The topological polar surface area (TPSA) is 24.1 Å². The summed E-state index contributed by atoms with van der Waals surface area (Å²) in [4.78, 5) is 2.64. The minimum Gasteiger partial charge on any atom is -0.347 e. The summed E-state index contributed by atoms with van der Waals surface area (Å²) >= 11 is 7.18. The van der Waals surface area contributed by atoms with Crippen LogP contribution in [0.25, 0.3) is 0 Å². The molecular weight excluding hydrogens is 388 g/mol. The van der Waals surface area contributed by atoms with E-state index in [1.807, 2.05) is 23.5 Å². The van der Waals surface area contributed by atoms with Gasteiger partial charge in [-0.3, -0.25) is 0 Å². The minimum atomic E-state index is 1.05. The van der Waals surface area contributed by atoms with Gasteiger partial charge in [0.05, 0.1) is 11.4 Å². The largest absolute Gasteiger partial charge is 0.347 e. The van der Waals surface area contributed by atoms with Crippen LogP contribution in [0.15, 0.2) is 56.2 Å². The molecule has 0 aliphatic carbocycles. The number of hydrogen-bond donors (Lipinski definition) is 2. The summed E-state index contributed by atoms with van der Waals surface area (Å²) in [7, 11) is 0. The number of aryl methyl sites for hydroxylation is 2. The number of para-hydroxylation sites is 2. The Labute approximate surface area is 153 Å². The second kappa shape index (κ2) is 6.46. The number of anilines is 2. The molecule has 0 unspecified atom stereocenters. The number of rotatable bonds is 3. The fourth-order valence-electron chi connectivity index (χ4n) is 2.86. The van der Waals surface area contributed by atoms with Gasteiger partial charge in [0, 0.05) is 15.1 Å². The summed E-state index contributed by atoms with van der Waals surface area (Å²) in [6, 6.07) is 13.1. The Morgan fingerprint density at radius 3 is 2.26 bits per heavy atom. The van der Waals surface area contributed by atoms with E-state index in [2.05, 4.69) is 69.9 Å². The molecule has 0 spiro atoms. The maximum atomic E-state index is 3.65. The molecule has 0 atom stereocenters. The number of benzene rings is 2. The summed E-state index contributed by atoms with van der Waals surface area (Å²) in [6.45, 7) is 2.16. The van der Waals surface area contributed by atoms with Crippen molar-refractivity contribution >= 4 is 50.8 Å². The third-order valence-corrected chi connectivity index (χ3v) is 6.86. The summed E-state index contributed by atoms with van der Waals surface area (Å²) < 4.78 is 0. The lowest BCUT2D eigenvalue weighted by Crippen LogP contribution is -2.00. The van der Waals surface area contributed by atoms with Crippen molar-refractivity contribution in [2.45, 2.75) is 29.6 Å². The standard InChI is InChI=1S/C18H17BrN2S2/c1-11-5-2-8-13-15(11)20-17(22-13)18-21-16-12(7-4-10-19)6-3-9-14(16)23-18/h2-3,5-6,8-9,20-21H,4,7,10H2,1H3.